The summed E-state index contributed by atoms with van der Waals surface area (Å²) in [5, 5.41) is 14.8. The normalized spacial score (nSPS) is 12.5. The Hall–Kier alpha value is -3.95. The maximum absolute atomic E-state index is 13.5. The highest BCUT2D eigenvalue weighted by Gasteiger charge is 2.26. The Balaban J connectivity index is 1.12. The zero-order valence-electron chi connectivity index (χ0n) is 19.8. The van der Waals surface area contributed by atoms with Crippen molar-refractivity contribution < 1.29 is 9.21 Å². The van der Waals surface area contributed by atoms with E-state index in [0.717, 1.165) is 40.7 Å². The summed E-state index contributed by atoms with van der Waals surface area (Å²) in [6.07, 6.45) is 2.23. The van der Waals surface area contributed by atoms with Gasteiger partial charge in [-0.25, -0.2) is 4.98 Å². The minimum Gasteiger partial charge on any atom is -0.416 e. The summed E-state index contributed by atoms with van der Waals surface area (Å²) in [5.41, 5.74) is 6.04. The van der Waals surface area contributed by atoms with Crippen LogP contribution in [0.15, 0.2) is 93.9 Å². The zero-order chi connectivity index (χ0) is 25.0. The van der Waals surface area contributed by atoms with Crippen molar-refractivity contribution in [1.82, 2.24) is 15.2 Å². The number of fused-ring (bicyclic) bond motifs is 2. The number of para-hydroxylation sites is 3. The number of anilines is 4. The number of nitrogens with zero attached hydrogens (tertiary/aromatic N) is 4. The predicted molar refractivity (Wildman–Crippen MR) is 147 cm³/mol. The Labute approximate surface area is 222 Å². The number of carbonyl (C=O) groups is 1. The van der Waals surface area contributed by atoms with E-state index in [1.165, 1.54) is 34.2 Å². The number of amides is 1. The van der Waals surface area contributed by atoms with Gasteiger partial charge in [-0.05, 0) is 48.2 Å². The van der Waals surface area contributed by atoms with Gasteiger partial charge in [0.25, 0.3) is 5.22 Å². The molecule has 0 saturated carbocycles. The fraction of sp³-hybridized carbons (Fsp3) is 0.143. The van der Waals surface area contributed by atoms with Crippen molar-refractivity contribution in [3.05, 3.63) is 107 Å². The Kier molecular flexibility index (Phi) is 6.70. The summed E-state index contributed by atoms with van der Waals surface area (Å²) in [6.45, 7) is 0. The van der Waals surface area contributed by atoms with Crippen LogP contribution in [0.1, 0.15) is 22.7 Å². The van der Waals surface area contributed by atoms with Crippen molar-refractivity contribution in [2.24, 2.45) is 0 Å². The molecule has 1 aliphatic heterocycles. The van der Waals surface area contributed by atoms with Crippen molar-refractivity contribution >= 4 is 51.2 Å². The van der Waals surface area contributed by atoms with Gasteiger partial charge < -0.3 is 9.73 Å². The van der Waals surface area contributed by atoms with E-state index in [1.54, 1.807) is 0 Å². The molecule has 0 radical (unpaired) electrons. The van der Waals surface area contributed by atoms with Gasteiger partial charge in [0, 0.05) is 11.1 Å². The minimum atomic E-state index is -0.0253. The zero-order valence-corrected chi connectivity index (χ0v) is 21.5. The van der Waals surface area contributed by atoms with Crippen LogP contribution < -0.4 is 10.2 Å². The number of carbonyl (C=O) groups excluding carboxylic acids is 1. The lowest BCUT2D eigenvalue weighted by Gasteiger charge is -2.24. The molecule has 1 N–H and O–H groups in total. The van der Waals surface area contributed by atoms with Crippen molar-refractivity contribution in [3.63, 3.8) is 0 Å². The van der Waals surface area contributed by atoms with E-state index in [2.05, 4.69) is 32.6 Å². The number of rotatable bonds is 7. The Morgan fingerprint density at radius 1 is 0.919 bits per heavy atom. The van der Waals surface area contributed by atoms with Gasteiger partial charge in [-0.3, -0.25) is 9.69 Å². The monoisotopic (exact) mass is 525 g/mol. The Bertz CT molecular complexity index is 1480. The number of thioether (sulfide) groups is 1. The second kappa shape index (κ2) is 10.6. The third-order valence-corrected chi connectivity index (χ3v) is 7.66. The van der Waals surface area contributed by atoms with E-state index in [1.807, 2.05) is 77.0 Å². The fourth-order valence-corrected chi connectivity index (χ4v) is 5.71. The van der Waals surface area contributed by atoms with Crippen molar-refractivity contribution in [2.45, 2.75) is 24.5 Å². The molecule has 9 heteroatoms. The van der Waals surface area contributed by atoms with Gasteiger partial charge in [0.15, 0.2) is 5.13 Å². The maximum atomic E-state index is 13.5. The predicted octanol–water partition coefficient (Wildman–Crippen LogP) is 6.42. The van der Waals surface area contributed by atoms with Gasteiger partial charge in [-0.2, -0.15) is 0 Å². The molecule has 3 aromatic carbocycles. The topological polar surface area (TPSA) is 84.2 Å². The van der Waals surface area contributed by atoms with E-state index in [0.29, 0.717) is 17.5 Å². The number of nitrogens with one attached hydrogen (secondary N) is 1. The average Bonchev–Trinajstić information content (AvgIpc) is 3.53. The quantitative estimate of drug-likeness (QED) is 0.246. The number of benzene rings is 3. The molecule has 6 rings (SSSR count). The van der Waals surface area contributed by atoms with Crippen LogP contribution in [0.4, 0.5) is 22.2 Å². The first-order chi connectivity index (χ1) is 18.2. The lowest BCUT2D eigenvalue weighted by molar-refractivity contribution is -0.115. The SMILES string of the molecule is O=C(CSc1nnc(Cc2csc(Nc3ccccc3)n2)o1)N1c2ccccc2CCc2ccccc21. The molecule has 7 nitrogen and oxygen atoms in total. The van der Waals surface area contributed by atoms with E-state index in [9.17, 15) is 4.79 Å². The van der Waals surface area contributed by atoms with Crippen LogP contribution in [0.5, 0.6) is 0 Å². The summed E-state index contributed by atoms with van der Waals surface area (Å²) in [6, 6.07) is 26.1. The standard InChI is InChI=1S/C28H23N5O2S2/c34-26(33-23-12-6-4-8-19(23)14-15-20-9-5-7-13-24(20)33)18-37-28-32-31-25(35-28)16-22-17-36-27(30-22)29-21-10-2-1-3-11-21/h1-13,17H,14-16,18H2,(H,29,30). The molecule has 2 aromatic heterocycles. The second-order valence-electron chi connectivity index (χ2n) is 8.55. The van der Waals surface area contributed by atoms with Crippen LogP contribution in [-0.4, -0.2) is 26.8 Å². The smallest absolute Gasteiger partial charge is 0.277 e. The molecule has 0 spiro atoms. The third kappa shape index (κ3) is 5.28. The summed E-state index contributed by atoms with van der Waals surface area (Å²) >= 11 is 2.78. The molecule has 1 aliphatic rings. The van der Waals surface area contributed by atoms with Crippen LogP contribution in [0, 0.1) is 0 Å². The Morgan fingerprint density at radius 2 is 1.59 bits per heavy atom. The van der Waals surface area contributed by atoms with E-state index >= 15 is 0 Å². The van der Waals surface area contributed by atoms with Gasteiger partial charge in [-0.1, -0.05) is 66.4 Å². The van der Waals surface area contributed by atoms with Crippen molar-refractivity contribution in [3.8, 4) is 0 Å². The van der Waals surface area contributed by atoms with Gasteiger partial charge in [0.05, 0.1) is 29.2 Å². The number of hydrogen-bond donors (Lipinski definition) is 1. The molecule has 0 aliphatic carbocycles. The molecule has 5 aromatic rings. The summed E-state index contributed by atoms with van der Waals surface area (Å²) in [7, 11) is 0. The van der Waals surface area contributed by atoms with Crippen LogP contribution >= 0.6 is 23.1 Å². The molecule has 0 atom stereocenters. The summed E-state index contributed by atoms with van der Waals surface area (Å²) in [5.74, 6) is 0.631. The Morgan fingerprint density at radius 3 is 2.32 bits per heavy atom. The highest BCUT2D eigenvalue weighted by molar-refractivity contribution is 7.99. The largest absolute Gasteiger partial charge is 0.416 e. The van der Waals surface area contributed by atoms with Crippen LogP contribution in [-0.2, 0) is 24.1 Å². The fourth-order valence-electron chi connectivity index (χ4n) is 4.35. The van der Waals surface area contributed by atoms with Gasteiger partial charge in [-0.15, -0.1) is 21.5 Å². The first-order valence-electron chi connectivity index (χ1n) is 11.9. The number of thiazole rings is 1. The van der Waals surface area contributed by atoms with E-state index < -0.39 is 0 Å². The molecule has 0 saturated heterocycles. The van der Waals surface area contributed by atoms with Crippen LogP contribution in [0.2, 0.25) is 0 Å². The number of hydrogen-bond acceptors (Lipinski definition) is 8. The van der Waals surface area contributed by atoms with Crippen LogP contribution in [0.25, 0.3) is 0 Å². The molecular formula is C28H23N5O2S2. The van der Waals surface area contributed by atoms with Crippen LogP contribution in [0.3, 0.4) is 0 Å². The lowest BCUT2D eigenvalue weighted by Crippen LogP contribution is -2.28. The molecular weight excluding hydrogens is 502 g/mol. The highest BCUT2D eigenvalue weighted by Crippen LogP contribution is 2.36. The van der Waals surface area contributed by atoms with E-state index in [4.69, 9.17) is 4.42 Å². The lowest BCUT2D eigenvalue weighted by atomic mass is 10.0. The van der Waals surface area contributed by atoms with Gasteiger partial charge in [0.2, 0.25) is 11.8 Å². The highest BCUT2D eigenvalue weighted by atomic mass is 32.2. The molecule has 184 valence electrons. The maximum Gasteiger partial charge on any atom is 0.277 e. The second-order valence-corrected chi connectivity index (χ2v) is 10.3. The number of aromatic nitrogens is 3. The van der Waals surface area contributed by atoms with Gasteiger partial charge >= 0.3 is 0 Å². The van der Waals surface area contributed by atoms with Crippen molar-refractivity contribution in [1.29, 1.82) is 0 Å². The first kappa shape index (κ1) is 23.4. The van der Waals surface area contributed by atoms with Gasteiger partial charge in [0.1, 0.15) is 0 Å². The third-order valence-electron chi connectivity index (χ3n) is 6.05. The molecule has 0 fully saturated rings. The molecule has 3 heterocycles. The molecule has 37 heavy (non-hydrogen) atoms. The average molecular weight is 526 g/mol. The summed E-state index contributed by atoms with van der Waals surface area (Å²) < 4.78 is 5.83. The first-order valence-corrected chi connectivity index (χ1v) is 13.8. The van der Waals surface area contributed by atoms with Crippen molar-refractivity contribution in [2.75, 3.05) is 16.0 Å². The minimum absolute atomic E-state index is 0.0253. The molecule has 0 bridgehead atoms. The number of aryl methyl sites for hydroxylation is 2. The molecule has 0 unspecified atom stereocenters. The van der Waals surface area contributed by atoms with E-state index in [-0.39, 0.29) is 11.7 Å². The molecule has 1 amide bonds. The summed E-state index contributed by atoms with van der Waals surface area (Å²) in [4.78, 5) is 19.9.